The van der Waals surface area contributed by atoms with Gasteiger partial charge in [-0.05, 0) is 30.7 Å². The Morgan fingerprint density at radius 2 is 1.65 bits per heavy atom. The number of carbonyl (C=O) groups excluding carboxylic acids is 1. The van der Waals surface area contributed by atoms with Crippen LogP contribution in [0.3, 0.4) is 0 Å². The molecule has 5 heteroatoms. The fourth-order valence-corrected chi connectivity index (χ4v) is 2.86. The maximum absolute atomic E-state index is 12.8. The van der Waals surface area contributed by atoms with Crippen molar-refractivity contribution in [1.29, 1.82) is 0 Å². The maximum Gasteiger partial charge on any atom is 0.303 e. The van der Waals surface area contributed by atoms with Crippen molar-refractivity contribution in [2.45, 2.75) is 19.8 Å². The largest absolute Gasteiger partial charge is 0.481 e. The zero-order valence-corrected chi connectivity index (χ0v) is 14.5. The Labute approximate surface area is 151 Å². The van der Waals surface area contributed by atoms with E-state index < -0.39 is 5.97 Å². The molecule has 0 spiro atoms. The second-order valence-electron chi connectivity index (χ2n) is 6.06. The Hall–Kier alpha value is -3.34. The van der Waals surface area contributed by atoms with Crippen LogP contribution in [0.4, 0.5) is 0 Å². The van der Waals surface area contributed by atoms with E-state index in [4.69, 9.17) is 5.11 Å². The number of carbonyl (C=O) groups is 2. The molecule has 0 fully saturated rings. The predicted molar refractivity (Wildman–Crippen MR) is 101 cm³/mol. The third-order valence-electron chi connectivity index (χ3n) is 4.23. The van der Waals surface area contributed by atoms with E-state index >= 15 is 0 Å². The standard InChI is InChI=1S/C21H20N2O3/c1-15-7-5-6-10-18(15)21(26)22-23-17(12-14-20(24)25)11-13-19(23)16-8-3-2-4-9-16/h2-11,13H,12,14H2,1H3,(H,22,26)(H,24,25). The Balaban J connectivity index is 1.97. The summed E-state index contributed by atoms with van der Waals surface area (Å²) >= 11 is 0. The minimum Gasteiger partial charge on any atom is -0.481 e. The Kier molecular flexibility index (Phi) is 5.17. The van der Waals surface area contributed by atoms with Gasteiger partial charge in [-0.2, -0.15) is 0 Å². The van der Waals surface area contributed by atoms with E-state index in [9.17, 15) is 9.59 Å². The number of hydrogen-bond acceptors (Lipinski definition) is 2. The van der Waals surface area contributed by atoms with Gasteiger partial charge in [0.25, 0.3) is 5.91 Å². The molecule has 0 bridgehead atoms. The first-order valence-corrected chi connectivity index (χ1v) is 8.41. The lowest BCUT2D eigenvalue weighted by molar-refractivity contribution is -0.136. The Bertz CT molecular complexity index is 929. The first-order chi connectivity index (χ1) is 12.6. The summed E-state index contributed by atoms with van der Waals surface area (Å²) in [4.78, 5) is 23.7. The number of hydrogen-bond donors (Lipinski definition) is 2. The van der Waals surface area contributed by atoms with Gasteiger partial charge in [-0.3, -0.25) is 19.7 Å². The molecule has 0 saturated carbocycles. The number of rotatable bonds is 6. The summed E-state index contributed by atoms with van der Waals surface area (Å²) in [6, 6.07) is 20.8. The number of aliphatic carboxylic acids is 1. The van der Waals surface area contributed by atoms with E-state index in [1.54, 1.807) is 10.7 Å². The minimum atomic E-state index is -0.871. The number of nitrogens with one attached hydrogen (secondary N) is 1. The normalized spacial score (nSPS) is 10.5. The summed E-state index contributed by atoms with van der Waals surface area (Å²) in [6.45, 7) is 1.88. The van der Waals surface area contributed by atoms with E-state index in [1.807, 2.05) is 67.6 Å². The van der Waals surface area contributed by atoms with Crippen LogP contribution in [-0.2, 0) is 11.2 Å². The van der Waals surface area contributed by atoms with Gasteiger partial charge in [0.1, 0.15) is 0 Å². The van der Waals surface area contributed by atoms with Gasteiger partial charge < -0.3 is 5.11 Å². The van der Waals surface area contributed by atoms with Crippen LogP contribution < -0.4 is 5.43 Å². The Morgan fingerprint density at radius 1 is 0.962 bits per heavy atom. The molecule has 1 heterocycles. The van der Waals surface area contributed by atoms with Crippen LogP contribution in [0.25, 0.3) is 11.3 Å². The van der Waals surface area contributed by atoms with Crippen LogP contribution in [-0.4, -0.2) is 21.7 Å². The predicted octanol–water partition coefficient (Wildman–Crippen LogP) is 3.86. The summed E-state index contributed by atoms with van der Waals surface area (Å²) in [6.07, 6.45) is 0.328. The lowest BCUT2D eigenvalue weighted by Crippen LogP contribution is -2.26. The number of amides is 1. The van der Waals surface area contributed by atoms with Crippen molar-refractivity contribution in [2.75, 3.05) is 5.43 Å². The number of nitrogens with zero attached hydrogens (tertiary/aromatic N) is 1. The maximum atomic E-state index is 12.8. The summed E-state index contributed by atoms with van der Waals surface area (Å²) < 4.78 is 1.69. The van der Waals surface area contributed by atoms with Gasteiger partial charge in [0, 0.05) is 23.2 Å². The van der Waals surface area contributed by atoms with Crippen LogP contribution in [0.1, 0.15) is 28.0 Å². The fourth-order valence-electron chi connectivity index (χ4n) is 2.86. The van der Waals surface area contributed by atoms with Gasteiger partial charge in [0.05, 0.1) is 12.1 Å². The highest BCUT2D eigenvalue weighted by Crippen LogP contribution is 2.22. The van der Waals surface area contributed by atoms with Crippen LogP contribution in [0.15, 0.2) is 66.7 Å². The lowest BCUT2D eigenvalue weighted by Gasteiger charge is -2.16. The number of benzene rings is 2. The second kappa shape index (κ2) is 7.70. The van der Waals surface area contributed by atoms with Crippen molar-refractivity contribution < 1.29 is 14.7 Å². The molecule has 0 aliphatic rings. The minimum absolute atomic E-state index is 0.00151. The van der Waals surface area contributed by atoms with Crippen molar-refractivity contribution in [2.24, 2.45) is 0 Å². The number of aromatic nitrogens is 1. The zero-order chi connectivity index (χ0) is 18.5. The molecule has 0 unspecified atom stereocenters. The van der Waals surface area contributed by atoms with Gasteiger partial charge in [-0.1, -0.05) is 48.5 Å². The van der Waals surface area contributed by atoms with Crippen LogP contribution in [0.2, 0.25) is 0 Å². The summed E-state index contributed by atoms with van der Waals surface area (Å²) in [5.41, 5.74) is 6.89. The quantitative estimate of drug-likeness (QED) is 0.710. The topological polar surface area (TPSA) is 71.3 Å². The average molecular weight is 348 g/mol. The van der Waals surface area contributed by atoms with Crippen molar-refractivity contribution in [1.82, 2.24) is 4.68 Å². The molecule has 26 heavy (non-hydrogen) atoms. The highest BCUT2D eigenvalue weighted by atomic mass is 16.4. The number of aryl methyl sites for hydroxylation is 2. The van der Waals surface area contributed by atoms with Gasteiger partial charge in [0.2, 0.25) is 0 Å². The van der Waals surface area contributed by atoms with Crippen LogP contribution in [0, 0.1) is 6.92 Å². The molecular formula is C21H20N2O3. The highest BCUT2D eigenvalue weighted by Gasteiger charge is 2.15. The number of carboxylic acid groups (broad SMARTS) is 1. The molecular weight excluding hydrogens is 328 g/mol. The molecule has 5 nitrogen and oxygen atoms in total. The summed E-state index contributed by atoms with van der Waals surface area (Å²) in [5.74, 6) is -1.10. The fraction of sp³-hybridized carbons (Fsp3) is 0.143. The molecule has 1 amide bonds. The van der Waals surface area contributed by atoms with Gasteiger partial charge in [0.15, 0.2) is 0 Å². The van der Waals surface area contributed by atoms with E-state index in [1.165, 1.54) is 0 Å². The van der Waals surface area contributed by atoms with Crippen LogP contribution in [0.5, 0.6) is 0 Å². The van der Waals surface area contributed by atoms with E-state index in [0.29, 0.717) is 12.0 Å². The number of carboxylic acids is 1. The van der Waals surface area contributed by atoms with E-state index in [0.717, 1.165) is 22.5 Å². The van der Waals surface area contributed by atoms with Crippen molar-refractivity contribution in [3.05, 3.63) is 83.6 Å². The molecule has 3 rings (SSSR count). The summed E-state index contributed by atoms with van der Waals surface area (Å²) in [5, 5.41) is 8.99. The zero-order valence-electron chi connectivity index (χ0n) is 14.5. The smallest absolute Gasteiger partial charge is 0.303 e. The first kappa shape index (κ1) is 17.5. The second-order valence-corrected chi connectivity index (χ2v) is 6.06. The van der Waals surface area contributed by atoms with Crippen LogP contribution >= 0.6 is 0 Å². The third-order valence-corrected chi connectivity index (χ3v) is 4.23. The molecule has 1 aromatic heterocycles. The molecule has 2 aromatic carbocycles. The molecule has 0 aliphatic heterocycles. The van der Waals surface area contributed by atoms with Gasteiger partial charge >= 0.3 is 5.97 Å². The van der Waals surface area contributed by atoms with Crippen molar-refractivity contribution in [3.8, 4) is 11.3 Å². The van der Waals surface area contributed by atoms with Crippen molar-refractivity contribution >= 4 is 11.9 Å². The molecule has 0 radical (unpaired) electrons. The van der Waals surface area contributed by atoms with Gasteiger partial charge in [-0.15, -0.1) is 0 Å². The highest BCUT2D eigenvalue weighted by molar-refractivity contribution is 6.01. The van der Waals surface area contributed by atoms with Crippen molar-refractivity contribution in [3.63, 3.8) is 0 Å². The molecule has 0 atom stereocenters. The van der Waals surface area contributed by atoms with Gasteiger partial charge in [-0.25, -0.2) is 0 Å². The Morgan fingerprint density at radius 3 is 2.35 bits per heavy atom. The molecule has 2 N–H and O–H groups in total. The third kappa shape index (κ3) is 3.83. The molecule has 132 valence electrons. The molecule has 3 aromatic rings. The summed E-state index contributed by atoms with van der Waals surface area (Å²) in [7, 11) is 0. The monoisotopic (exact) mass is 348 g/mol. The SMILES string of the molecule is Cc1ccccc1C(=O)Nn1c(CCC(=O)O)ccc1-c1ccccc1. The lowest BCUT2D eigenvalue weighted by atomic mass is 10.1. The molecule has 0 saturated heterocycles. The van der Waals surface area contributed by atoms with E-state index in [-0.39, 0.29) is 12.3 Å². The molecule has 0 aliphatic carbocycles. The first-order valence-electron chi connectivity index (χ1n) is 8.41. The average Bonchev–Trinajstić information content (AvgIpc) is 3.03. The van der Waals surface area contributed by atoms with E-state index in [2.05, 4.69) is 5.43 Å².